The van der Waals surface area contributed by atoms with Gasteiger partial charge in [0.15, 0.2) is 0 Å². The summed E-state index contributed by atoms with van der Waals surface area (Å²) in [6.07, 6.45) is 11.0. The first-order valence-corrected chi connectivity index (χ1v) is 10.9. The molecule has 1 aliphatic carbocycles. The van der Waals surface area contributed by atoms with Crippen LogP contribution in [0.5, 0.6) is 0 Å². The molecule has 3 rings (SSSR count). The van der Waals surface area contributed by atoms with Crippen LogP contribution in [0.15, 0.2) is 24.3 Å². The topological polar surface area (TPSA) is 26.3 Å². The molecule has 0 aromatic heterocycles. The molecule has 2 nitrogen and oxygen atoms in total. The quantitative estimate of drug-likeness (QED) is 0.545. The maximum absolute atomic E-state index is 12.7. The lowest BCUT2D eigenvalue weighted by molar-refractivity contribution is -0.164. The molecule has 1 saturated heterocycles. The second kappa shape index (κ2) is 9.06. The van der Waals surface area contributed by atoms with Crippen molar-refractivity contribution >= 4 is 5.97 Å². The van der Waals surface area contributed by atoms with Crippen LogP contribution in [0.1, 0.15) is 89.4 Å². The van der Waals surface area contributed by atoms with Gasteiger partial charge in [0.05, 0.1) is 5.92 Å². The lowest BCUT2D eigenvalue weighted by Gasteiger charge is -2.38. The average molecular weight is 357 g/mol. The third-order valence-electron chi connectivity index (χ3n) is 7.03. The van der Waals surface area contributed by atoms with Crippen LogP contribution in [0.2, 0.25) is 0 Å². The first kappa shape index (κ1) is 19.5. The van der Waals surface area contributed by atoms with Gasteiger partial charge >= 0.3 is 5.97 Å². The van der Waals surface area contributed by atoms with Crippen LogP contribution in [-0.2, 0) is 16.0 Å². The molecular weight excluding hydrogens is 320 g/mol. The van der Waals surface area contributed by atoms with Crippen molar-refractivity contribution < 1.29 is 9.53 Å². The van der Waals surface area contributed by atoms with Crippen LogP contribution < -0.4 is 0 Å². The van der Waals surface area contributed by atoms with Crippen molar-refractivity contribution in [3.63, 3.8) is 0 Å². The minimum Gasteiger partial charge on any atom is -0.457 e. The van der Waals surface area contributed by atoms with Gasteiger partial charge in [-0.1, -0.05) is 70.7 Å². The molecule has 3 atom stereocenters. The van der Waals surface area contributed by atoms with Gasteiger partial charge < -0.3 is 4.74 Å². The second-order valence-electron chi connectivity index (χ2n) is 8.63. The first-order chi connectivity index (χ1) is 12.6. The zero-order valence-corrected chi connectivity index (χ0v) is 16.9. The fourth-order valence-electron chi connectivity index (χ4n) is 5.16. The van der Waals surface area contributed by atoms with Crippen molar-refractivity contribution in [1.82, 2.24) is 0 Å². The summed E-state index contributed by atoms with van der Waals surface area (Å²) in [4.78, 5) is 12.7. The smallest absolute Gasteiger partial charge is 0.309 e. The molecule has 1 saturated carbocycles. The number of hydrogen-bond acceptors (Lipinski definition) is 2. The highest BCUT2D eigenvalue weighted by atomic mass is 16.5. The highest BCUT2D eigenvalue weighted by Gasteiger charge is 2.38. The molecule has 1 heterocycles. The van der Waals surface area contributed by atoms with Crippen LogP contribution in [0, 0.1) is 23.7 Å². The van der Waals surface area contributed by atoms with Gasteiger partial charge in [0.2, 0.25) is 0 Å². The Hall–Kier alpha value is -1.31. The van der Waals surface area contributed by atoms with E-state index < -0.39 is 0 Å². The fourth-order valence-corrected chi connectivity index (χ4v) is 5.16. The van der Waals surface area contributed by atoms with E-state index in [1.807, 2.05) is 0 Å². The molecule has 1 aliphatic heterocycles. The Bertz CT molecular complexity index is 568. The molecule has 1 aromatic carbocycles. The SMILES string of the molecule is CCCC1CCC(C(C)C2CCC(c3ccc(CC)cc3)OC2=O)CC1. The summed E-state index contributed by atoms with van der Waals surface area (Å²) in [6.45, 7) is 6.75. The summed E-state index contributed by atoms with van der Waals surface area (Å²) < 4.78 is 5.89. The summed E-state index contributed by atoms with van der Waals surface area (Å²) in [7, 11) is 0. The Morgan fingerprint density at radius 2 is 1.69 bits per heavy atom. The second-order valence-corrected chi connectivity index (χ2v) is 8.63. The molecule has 26 heavy (non-hydrogen) atoms. The molecule has 2 fully saturated rings. The molecule has 144 valence electrons. The third kappa shape index (κ3) is 4.50. The van der Waals surface area contributed by atoms with Gasteiger partial charge in [-0.3, -0.25) is 4.79 Å². The number of hydrogen-bond donors (Lipinski definition) is 0. The third-order valence-corrected chi connectivity index (χ3v) is 7.03. The predicted octanol–water partition coefficient (Wildman–Crippen LogP) is 6.49. The molecule has 3 unspecified atom stereocenters. The number of carbonyl (C=O) groups excluding carboxylic acids is 1. The van der Waals surface area contributed by atoms with E-state index in [2.05, 4.69) is 45.0 Å². The molecule has 0 radical (unpaired) electrons. The Kier molecular flexibility index (Phi) is 6.78. The van der Waals surface area contributed by atoms with Crippen LogP contribution in [0.4, 0.5) is 0 Å². The Balaban J connectivity index is 1.54. The molecule has 0 bridgehead atoms. The monoisotopic (exact) mass is 356 g/mol. The summed E-state index contributed by atoms with van der Waals surface area (Å²) in [5.41, 5.74) is 2.49. The van der Waals surface area contributed by atoms with Gasteiger partial charge in [0.25, 0.3) is 0 Å². The maximum atomic E-state index is 12.7. The molecule has 0 spiro atoms. The molecular formula is C24H36O2. The van der Waals surface area contributed by atoms with Crippen molar-refractivity contribution in [1.29, 1.82) is 0 Å². The average Bonchev–Trinajstić information content (AvgIpc) is 2.68. The molecule has 0 amide bonds. The van der Waals surface area contributed by atoms with Gasteiger partial charge in [-0.15, -0.1) is 0 Å². The number of ether oxygens (including phenoxy) is 1. The number of rotatable bonds is 6. The van der Waals surface area contributed by atoms with Crippen molar-refractivity contribution in [2.75, 3.05) is 0 Å². The Morgan fingerprint density at radius 1 is 1.00 bits per heavy atom. The van der Waals surface area contributed by atoms with Crippen molar-refractivity contribution in [3.8, 4) is 0 Å². The predicted molar refractivity (Wildman–Crippen MR) is 107 cm³/mol. The number of benzene rings is 1. The zero-order valence-electron chi connectivity index (χ0n) is 16.9. The fraction of sp³-hybridized carbons (Fsp3) is 0.708. The van der Waals surface area contributed by atoms with Crippen LogP contribution in [-0.4, -0.2) is 5.97 Å². The van der Waals surface area contributed by atoms with Crippen molar-refractivity contribution in [3.05, 3.63) is 35.4 Å². The Labute approximate surface area is 159 Å². The summed E-state index contributed by atoms with van der Waals surface area (Å²) in [6, 6.07) is 8.59. The number of carbonyl (C=O) groups is 1. The van der Waals surface area contributed by atoms with Gasteiger partial charge in [-0.2, -0.15) is 0 Å². The number of aryl methyl sites for hydroxylation is 1. The first-order valence-electron chi connectivity index (χ1n) is 10.9. The van der Waals surface area contributed by atoms with Gasteiger partial charge in [-0.25, -0.2) is 0 Å². The molecule has 2 aliphatic rings. The van der Waals surface area contributed by atoms with E-state index in [0.29, 0.717) is 11.8 Å². The van der Waals surface area contributed by atoms with E-state index in [0.717, 1.165) is 30.7 Å². The lowest BCUT2D eigenvalue weighted by atomic mass is 9.70. The van der Waals surface area contributed by atoms with Gasteiger partial charge in [0, 0.05) is 0 Å². The molecule has 1 aromatic rings. The zero-order chi connectivity index (χ0) is 18.5. The van der Waals surface area contributed by atoms with Gasteiger partial charge in [-0.05, 0) is 61.0 Å². The van der Waals surface area contributed by atoms with E-state index in [1.54, 1.807) is 0 Å². The normalized spacial score (nSPS) is 30.7. The Morgan fingerprint density at radius 3 is 2.27 bits per heavy atom. The summed E-state index contributed by atoms with van der Waals surface area (Å²) >= 11 is 0. The van der Waals surface area contributed by atoms with Gasteiger partial charge in [0.1, 0.15) is 6.10 Å². The lowest BCUT2D eigenvalue weighted by Crippen LogP contribution is -2.35. The van der Waals surface area contributed by atoms with Crippen molar-refractivity contribution in [2.45, 2.75) is 84.7 Å². The van der Waals surface area contributed by atoms with Crippen LogP contribution in [0.25, 0.3) is 0 Å². The summed E-state index contributed by atoms with van der Waals surface area (Å²) in [5, 5.41) is 0. The largest absolute Gasteiger partial charge is 0.457 e. The highest BCUT2D eigenvalue weighted by molar-refractivity contribution is 5.74. The minimum atomic E-state index is -0.0443. The van der Waals surface area contributed by atoms with E-state index in [4.69, 9.17) is 4.74 Å². The minimum absolute atomic E-state index is 0.0443. The van der Waals surface area contributed by atoms with E-state index in [-0.39, 0.29) is 18.0 Å². The van der Waals surface area contributed by atoms with E-state index in [1.165, 1.54) is 44.1 Å². The van der Waals surface area contributed by atoms with E-state index >= 15 is 0 Å². The standard InChI is InChI=1S/C24H36O2/c1-4-6-19-9-11-20(12-10-19)17(3)22-15-16-23(26-24(22)25)21-13-7-18(5-2)8-14-21/h7-8,13-14,17,19-20,22-23H,4-6,9-12,15-16H2,1-3H3. The molecule has 0 N–H and O–H groups in total. The number of esters is 1. The molecule has 2 heteroatoms. The highest BCUT2D eigenvalue weighted by Crippen LogP contribution is 2.42. The van der Waals surface area contributed by atoms with Crippen LogP contribution in [0.3, 0.4) is 0 Å². The number of cyclic esters (lactones) is 1. The summed E-state index contributed by atoms with van der Waals surface area (Å²) in [5.74, 6) is 2.25. The van der Waals surface area contributed by atoms with Crippen LogP contribution >= 0.6 is 0 Å². The van der Waals surface area contributed by atoms with E-state index in [9.17, 15) is 4.79 Å². The van der Waals surface area contributed by atoms with Crippen molar-refractivity contribution in [2.24, 2.45) is 23.7 Å². The maximum Gasteiger partial charge on any atom is 0.309 e.